The van der Waals surface area contributed by atoms with E-state index in [-0.39, 0.29) is 23.3 Å². The summed E-state index contributed by atoms with van der Waals surface area (Å²) >= 11 is 5.11. The summed E-state index contributed by atoms with van der Waals surface area (Å²) in [6.45, 7) is 4.84. The van der Waals surface area contributed by atoms with Crippen LogP contribution in [0.2, 0.25) is 0 Å². The van der Waals surface area contributed by atoms with Crippen LogP contribution in [0.15, 0.2) is 0 Å². The smallest absolute Gasteiger partial charge is 0.239 e. The summed E-state index contributed by atoms with van der Waals surface area (Å²) in [5.41, 5.74) is 5.07. The van der Waals surface area contributed by atoms with Gasteiger partial charge < -0.3 is 16.0 Å². The highest BCUT2D eigenvalue weighted by molar-refractivity contribution is 7.80. The van der Waals surface area contributed by atoms with Crippen LogP contribution in [-0.2, 0) is 9.59 Å². The van der Waals surface area contributed by atoms with E-state index >= 15 is 0 Å². The van der Waals surface area contributed by atoms with Crippen LogP contribution in [0.3, 0.4) is 0 Å². The molecular weight excluding hydrogens is 262 g/mol. The summed E-state index contributed by atoms with van der Waals surface area (Å²) in [5, 5.41) is 2.70. The Morgan fingerprint density at radius 2 is 1.89 bits per heavy atom. The van der Waals surface area contributed by atoms with Crippen LogP contribution in [0.1, 0.15) is 39.5 Å². The lowest BCUT2D eigenvalue weighted by molar-refractivity contribution is -0.141. The first-order chi connectivity index (χ1) is 8.97. The lowest BCUT2D eigenvalue weighted by atomic mass is 9.84. The summed E-state index contributed by atoms with van der Waals surface area (Å²) in [5.74, 6) is -0.236. The van der Waals surface area contributed by atoms with Gasteiger partial charge in [-0.3, -0.25) is 9.59 Å². The van der Waals surface area contributed by atoms with E-state index in [0.717, 1.165) is 12.8 Å². The van der Waals surface area contributed by atoms with Gasteiger partial charge >= 0.3 is 0 Å². The van der Waals surface area contributed by atoms with Crippen LogP contribution in [0.4, 0.5) is 0 Å². The minimum atomic E-state index is -0.724. The first kappa shape index (κ1) is 15.9. The van der Waals surface area contributed by atoms with Crippen molar-refractivity contribution in [2.24, 2.45) is 11.1 Å². The fraction of sp³-hybridized carbons (Fsp3) is 0.769. The largest absolute Gasteiger partial charge is 0.392 e. The third-order valence-corrected chi connectivity index (χ3v) is 4.11. The SMILES string of the molecule is CCNC(=O)CN(CC)C(=O)C1(C(N)=S)CCCC1. The Hall–Kier alpha value is -1.17. The molecular formula is C13H23N3O2S. The third-order valence-electron chi connectivity index (χ3n) is 3.72. The van der Waals surface area contributed by atoms with Gasteiger partial charge in [-0.2, -0.15) is 0 Å². The summed E-state index contributed by atoms with van der Waals surface area (Å²) in [4.78, 5) is 26.1. The lowest BCUT2D eigenvalue weighted by Crippen LogP contribution is -2.51. The molecule has 1 rings (SSSR count). The molecule has 6 heteroatoms. The van der Waals surface area contributed by atoms with Crippen molar-refractivity contribution in [3.8, 4) is 0 Å². The molecule has 0 heterocycles. The molecule has 0 spiro atoms. The average molecular weight is 285 g/mol. The standard InChI is InChI=1S/C13H23N3O2S/c1-3-15-10(17)9-16(4-2)12(18)13(11(14)19)7-5-6-8-13/h3-9H2,1-2H3,(H2,14,19)(H,15,17). The zero-order valence-electron chi connectivity index (χ0n) is 11.7. The zero-order valence-corrected chi connectivity index (χ0v) is 12.5. The average Bonchev–Trinajstić information content (AvgIpc) is 2.86. The number of hydrogen-bond donors (Lipinski definition) is 2. The molecule has 0 saturated heterocycles. The molecule has 0 aromatic heterocycles. The molecule has 0 bridgehead atoms. The molecule has 1 saturated carbocycles. The summed E-state index contributed by atoms with van der Waals surface area (Å²) < 4.78 is 0. The van der Waals surface area contributed by atoms with Gasteiger partial charge in [0, 0.05) is 13.1 Å². The number of likely N-dealkylation sites (N-methyl/N-ethyl adjacent to an activating group) is 2. The number of carbonyl (C=O) groups is 2. The van der Waals surface area contributed by atoms with E-state index in [9.17, 15) is 9.59 Å². The second-order valence-corrected chi connectivity index (χ2v) is 5.37. The Morgan fingerprint density at radius 1 is 1.32 bits per heavy atom. The molecule has 1 aliphatic rings. The van der Waals surface area contributed by atoms with Crippen LogP contribution >= 0.6 is 12.2 Å². The van der Waals surface area contributed by atoms with E-state index in [1.807, 2.05) is 13.8 Å². The van der Waals surface area contributed by atoms with E-state index in [1.165, 1.54) is 0 Å². The molecule has 108 valence electrons. The number of nitrogens with one attached hydrogen (secondary N) is 1. The van der Waals surface area contributed by atoms with Crippen molar-refractivity contribution >= 4 is 29.0 Å². The second-order valence-electron chi connectivity index (χ2n) is 4.93. The Labute approximate surface area is 119 Å². The fourth-order valence-electron chi connectivity index (χ4n) is 2.60. The Kier molecular flexibility index (Phi) is 5.72. The maximum Gasteiger partial charge on any atom is 0.239 e. The minimum Gasteiger partial charge on any atom is -0.392 e. The van der Waals surface area contributed by atoms with Gasteiger partial charge in [0.1, 0.15) is 0 Å². The first-order valence-electron chi connectivity index (χ1n) is 6.84. The van der Waals surface area contributed by atoms with Crippen molar-refractivity contribution in [1.82, 2.24) is 10.2 Å². The van der Waals surface area contributed by atoms with Gasteiger partial charge in [0.15, 0.2) is 0 Å². The molecule has 0 aromatic carbocycles. The topological polar surface area (TPSA) is 75.4 Å². The highest BCUT2D eigenvalue weighted by atomic mass is 32.1. The van der Waals surface area contributed by atoms with Gasteiger partial charge in [-0.25, -0.2) is 0 Å². The Balaban J connectivity index is 2.82. The highest BCUT2D eigenvalue weighted by Gasteiger charge is 2.46. The Bertz CT molecular complexity index is 365. The normalized spacial score (nSPS) is 16.9. The molecule has 19 heavy (non-hydrogen) atoms. The van der Waals surface area contributed by atoms with E-state index in [4.69, 9.17) is 18.0 Å². The molecule has 5 nitrogen and oxygen atoms in total. The van der Waals surface area contributed by atoms with Gasteiger partial charge in [0.2, 0.25) is 11.8 Å². The number of hydrogen-bond acceptors (Lipinski definition) is 3. The van der Waals surface area contributed by atoms with Crippen molar-refractivity contribution in [2.75, 3.05) is 19.6 Å². The highest BCUT2D eigenvalue weighted by Crippen LogP contribution is 2.40. The number of amides is 2. The van der Waals surface area contributed by atoms with Crippen molar-refractivity contribution in [2.45, 2.75) is 39.5 Å². The van der Waals surface area contributed by atoms with Crippen LogP contribution in [0, 0.1) is 5.41 Å². The molecule has 2 amide bonds. The zero-order chi connectivity index (χ0) is 14.5. The van der Waals surface area contributed by atoms with Gasteiger partial charge in [0.05, 0.1) is 16.9 Å². The summed E-state index contributed by atoms with van der Waals surface area (Å²) in [6, 6.07) is 0. The van der Waals surface area contributed by atoms with E-state index in [0.29, 0.717) is 25.9 Å². The quantitative estimate of drug-likeness (QED) is 0.708. The summed E-state index contributed by atoms with van der Waals surface area (Å²) in [7, 11) is 0. The van der Waals surface area contributed by atoms with Crippen molar-refractivity contribution in [3.63, 3.8) is 0 Å². The van der Waals surface area contributed by atoms with Crippen molar-refractivity contribution in [3.05, 3.63) is 0 Å². The van der Waals surface area contributed by atoms with Crippen LogP contribution in [0.5, 0.6) is 0 Å². The number of nitrogens with two attached hydrogens (primary N) is 1. The van der Waals surface area contributed by atoms with Gasteiger partial charge in [-0.1, -0.05) is 25.1 Å². The maximum absolute atomic E-state index is 12.7. The predicted molar refractivity (Wildman–Crippen MR) is 78.6 cm³/mol. The minimum absolute atomic E-state index is 0.0769. The summed E-state index contributed by atoms with van der Waals surface area (Å²) in [6.07, 6.45) is 3.32. The third kappa shape index (κ3) is 3.43. The van der Waals surface area contributed by atoms with Gasteiger partial charge in [-0.05, 0) is 26.7 Å². The number of thiocarbonyl (C=S) groups is 1. The second kappa shape index (κ2) is 6.84. The first-order valence-corrected chi connectivity index (χ1v) is 7.24. The molecule has 0 aliphatic heterocycles. The van der Waals surface area contributed by atoms with Crippen molar-refractivity contribution < 1.29 is 9.59 Å². The number of carbonyl (C=O) groups excluding carboxylic acids is 2. The molecule has 1 aliphatic carbocycles. The van der Waals surface area contributed by atoms with E-state index in [2.05, 4.69) is 5.32 Å². The van der Waals surface area contributed by atoms with Crippen LogP contribution < -0.4 is 11.1 Å². The van der Waals surface area contributed by atoms with E-state index < -0.39 is 5.41 Å². The molecule has 0 unspecified atom stereocenters. The van der Waals surface area contributed by atoms with Crippen molar-refractivity contribution in [1.29, 1.82) is 0 Å². The molecule has 3 N–H and O–H groups in total. The molecule has 0 atom stereocenters. The molecule has 1 fully saturated rings. The molecule has 0 aromatic rings. The van der Waals surface area contributed by atoms with Gasteiger partial charge in [-0.15, -0.1) is 0 Å². The molecule has 0 radical (unpaired) electrons. The number of rotatable bonds is 6. The lowest BCUT2D eigenvalue weighted by Gasteiger charge is -2.32. The van der Waals surface area contributed by atoms with Crippen LogP contribution in [0.25, 0.3) is 0 Å². The number of nitrogens with zero attached hydrogens (tertiary/aromatic N) is 1. The monoisotopic (exact) mass is 285 g/mol. The fourth-order valence-corrected chi connectivity index (χ4v) is 2.89. The van der Waals surface area contributed by atoms with Crippen LogP contribution in [-0.4, -0.2) is 41.3 Å². The van der Waals surface area contributed by atoms with E-state index in [1.54, 1.807) is 4.90 Å². The maximum atomic E-state index is 12.7. The Morgan fingerprint density at radius 3 is 2.32 bits per heavy atom. The predicted octanol–water partition coefficient (Wildman–Crippen LogP) is 0.817. The van der Waals surface area contributed by atoms with Gasteiger partial charge in [0.25, 0.3) is 0 Å².